The third-order valence-corrected chi connectivity index (χ3v) is 6.55. The van der Waals surface area contributed by atoms with Gasteiger partial charge in [-0.3, -0.25) is 9.59 Å². The molecule has 2 aromatic rings. The summed E-state index contributed by atoms with van der Waals surface area (Å²) in [6.07, 6.45) is 1.28. The molecule has 3 amide bonds. The van der Waals surface area contributed by atoms with Crippen LogP contribution < -0.4 is 10.7 Å². The molecule has 4 rings (SSSR count). The van der Waals surface area contributed by atoms with Crippen LogP contribution in [0.1, 0.15) is 30.4 Å². The Labute approximate surface area is 214 Å². The van der Waals surface area contributed by atoms with E-state index in [9.17, 15) is 14.4 Å². The number of fused-ring (bicyclic) bond motifs is 1. The smallest absolute Gasteiger partial charge is 0.409 e. The van der Waals surface area contributed by atoms with Gasteiger partial charge in [0, 0.05) is 49.0 Å². The quantitative estimate of drug-likeness (QED) is 0.501. The Morgan fingerprint density at radius 3 is 2.83 bits per heavy atom. The highest BCUT2D eigenvalue weighted by atomic mass is 32.2. The Morgan fingerprint density at radius 1 is 1.17 bits per heavy atom. The number of carbonyl (C=O) groups is 3. The van der Waals surface area contributed by atoms with Crippen LogP contribution in [0.3, 0.4) is 0 Å². The van der Waals surface area contributed by atoms with E-state index in [1.165, 1.54) is 4.90 Å². The third-order valence-electron chi connectivity index (χ3n) is 5.74. The van der Waals surface area contributed by atoms with Crippen molar-refractivity contribution < 1.29 is 19.1 Å². The van der Waals surface area contributed by atoms with Crippen LogP contribution >= 0.6 is 11.8 Å². The number of hydrogen-bond donors (Lipinski definition) is 2. The number of thioether (sulfide) groups is 1. The molecule has 0 aliphatic carbocycles. The number of hydrogen-bond acceptors (Lipinski definition) is 7. The van der Waals surface area contributed by atoms with Crippen LogP contribution in [0.15, 0.2) is 70.8 Å². The van der Waals surface area contributed by atoms with Gasteiger partial charge in [-0.05, 0) is 30.5 Å². The van der Waals surface area contributed by atoms with Crippen LogP contribution in [0.25, 0.3) is 0 Å². The molecule has 2 heterocycles. The molecule has 36 heavy (non-hydrogen) atoms. The molecule has 0 fully saturated rings. The summed E-state index contributed by atoms with van der Waals surface area (Å²) < 4.78 is 5.31. The van der Waals surface area contributed by atoms with Gasteiger partial charge in [-0.25, -0.2) is 10.2 Å². The molecule has 2 aliphatic heterocycles. The normalized spacial score (nSPS) is 14.7. The lowest BCUT2D eigenvalue weighted by Crippen LogP contribution is -2.45. The van der Waals surface area contributed by atoms with Crippen LogP contribution in [0.5, 0.6) is 0 Å². The standard InChI is InChI=1S/C26H29N5O4S/c1-30(26(34)35-17-19-8-3-2-4-9-19)13-6-5-12-23(32)27-21-11-7-10-20(16-21)24-28-29-25(33)22-18-36-15-14-31(22)24/h2-4,7-11,16,18H,5-6,12-15,17H2,1H3,(H,27,32)(H,29,33). The molecule has 0 aromatic heterocycles. The van der Waals surface area contributed by atoms with Crippen LogP contribution in [0.4, 0.5) is 10.5 Å². The number of unbranched alkanes of at least 4 members (excludes halogenated alkanes) is 1. The summed E-state index contributed by atoms with van der Waals surface area (Å²) >= 11 is 1.60. The molecular formula is C26H29N5O4S. The average Bonchev–Trinajstić information content (AvgIpc) is 2.90. The number of rotatable bonds is 9. The number of benzene rings is 2. The van der Waals surface area contributed by atoms with Gasteiger partial charge in [0.15, 0.2) is 5.84 Å². The number of amidine groups is 1. The van der Waals surface area contributed by atoms with Crippen molar-refractivity contribution in [1.29, 1.82) is 0 Å². The minimum absolute atomic E-state index is 0.102. The van der Waals surface area contributed by atoms with Gasteiger partial charge in [0.25, 0.3) is 5.91 Å². The first-order chi connectivity index (χ1) is 17.5. The van der Waals surface area contributed by atoms with E-state index in [-0.39, 0.29) is 24.5 Å². The third kappa shape index (κ3) is 6.66. The lowest BCUT2D eigenvalue weighted by Gasteiger charge is -2.33. The summed E-state index contributed by atoms with van der Waals surface area (Å²) in [6.45, 7) is 1.43. The van der Waals surface area contributed by atoms with Crippen LogP contribution in [-0.4, -0.2) is 59.4 Å². The van der Waals surface area contributed by atoms with Gasteiger partial charge in [0.1, 0.15) is 12.3 Å². The Morgan fingerprint density at radius 2 is 2.00 bits per heavy atom. The Hall–Kier alpha value is -3.79. The highest BCUT2D eigenvalue weighted by Gasteiger charge is 2.29. The van der Waals surface area contributed by atoms with E-state index < -0.39 is 0 Å². The minimum Gasteiger partial charge on any atom is -0.445 e. The van der Waals surface area contributed by atoms with Crippen LogP contribution in [-0.2, 0) is 20.9 Å². The fraction of sp³-hybridized carbons (Fsp3) is 0.308. The molecule has 9 nitrogen and oxygen atoms in total. The van der Waals surface area contributed by atoms with Gasteiger partial charge in [0.2, 0.25) is 5.91 Å². The monoisotopic (exact) mass is 507 g/mol. The number of carbonyl (C=O) groups excluding carboxylic acids is 3. The van der Waals surface area contributed by atoms with Crippen molar-refractivity contribution >= 4 is 41.2 Å². The van der Waals surface area contributed by atoms with Gasteiger partial charge in [-0.15, -0.1) is 11.8 Å². The molecule has 0 spiro atoms. The molecule has 0 saturated heterocycles. The lowest BCUT2D eigenvalue weighted by atomic mass is 10.1. The van der Waals surface area contributed by atoms with Crippen molar-refractivity contribution in [1.82, 2.24) is 15.2 Å². The Balaban J connectivity index is 1.21. The van der Waals surface area contributed by atoms with Crippen molar-refractivity contribution in [3.63, 3.8) is 0 Å². The van der Waals surface area contributed by atoms with Crippen molar-refractivity contribution in [2.24, 2.45) is 5.10 Å². The second-order valence-corrected chi connectivity index (χ2v) is 9.43. The number of nitrogens with zero attached hydrogens (tertiary/aromatic N) is 3. The molecule has 0 saturated carbocycles. The summed E-state index contributed by atoms with van der Waals surface area (Å²) in [7, 11) is 1.69. The first-order valence-corrected chi connectivity index (χ1v) is 12.9. The topological polar surface area (TPSA) is 103 Å². The van der Waals surface area contributed by atoms with Gasteiger partial charge in [0.05, 0.1) is 0 Å². The summed E-state index contributed by atoms with van der Waals surface area (Å²) in [4.78, 5) is 40.1. The predicted octanol–water partition coefficient (Wildman–Crippen LogP) is 3.75. The first kappa shape index (κ1) is 25.3. The highest BCUT2D eigenvalue weighted by Crippen LogP contribution is 2.25. The fourth-order valence-electron chi connectivity index (χ4n) is 3.82. The minimum atomic E-state index is -0.382. The van der Waals surface area contributed by atoms with Crippen molar-refractivity contribution in [3.8, 4) is 0 Å². The van der Waals surface area contributed by atoms with E-state index >= 15 is 0 Å². The molecule has 2 aliphatic rings. The maximum atomic E-state index is 12.5. The maximum absolute atomic E-state index is 12.5. The zero-order valence-electron chi connectivity index (χ0n) is 20.1. The van der Waals surface area contributed by atoms with Gasteiger partial charge < -0.3 is 19.9 Å². The molecule has 0 atom stereocenters. The predicted molar refractivity (Wildman–Crippen MR) is 140 cm³/mol. The second-order valence-electron chi connectivity index (χ2n) is 8.45. The van der Waals surface area contributed by atoms with Gasteiger partial charge in [-0.1, -0.05) is 42.5 Å². The largest absolute Gasteiger partial charge is 0.445 e. The van der Waals surface area contributed by atoms with Crippen molar-refractivity contribution in [2.45, 2.75) is 25.9 Å². The molecular weight excluding hydrogens is 478 g/mol. The molecule has 2 N–H and O–H groups in total. The molecule has 2 aromatic carbocycles. The van der Waals surface area contributed by atoms with Crippen molar-refractivity contribution in [3.05, 3.63) is 76.8 Å². The molecule has 0 radical (unpaired) electrons. The second kappa shape index (κ2) is 12.3. The van der Waals surface area contributed by atoms with E-state index in [4.69, 9.17) is 4.74 Å². The number of nitrogens with one attached hydrogen (secondary N) is 2. The van der Waals surface area contributed by atoms with E-state index in [1.54, 1.807) is 18.8 Å². The summed E-state index contributed by atoms with van der Waals surface area (Å²) in [6, 6.07) is 17.0. The van der Waals surface area contributed by atoms with Gasteiger partial charge >= 0.3 is 6.09 Å². The zero-order valence-corrected chi connectivity index (χ0v) is 20.9. The highest BCUT2D eigenvalue weighted by molar-refractivity contribution is 8.02. The Kier molecular flexibility index (Phi) is 8.62. The number of ether oxygens (including phenoxy) is 1. The van der Waals surface area contributed by atoms with E-state index in [1.807, 2.05) is 64.9 Å². The van der Waals surface area contributed by atoms with Crippen molar-refractivity contribution in [2.75, 3.05) is 31.2 Å². The number of amides is 3. The maximum Gasteiger partial charge on any atom is 0.409 e. The SMILES string of the molecule is CN(CCCCC(=O)Nc1cccc(C2=NNC(=O)C3=CSCCN32)c1)C(=O)OCc1ccccc1. The van der Waals surface area contributed by atoms with Gasteiger partial charge in [-0.2, -0.15) is 5.10 Å². The average molecular weight is 508 g/mol. The molecule has 0 bridgehead atoms. The summed E-state index contributed by atoms with van der Waals surface area (Å²) in [5, 5.41) is 9.02. The van der Waals surface area contributed by atoms with Crippen LogP contribution in [0.2, 0.25) is 0 Å². The van der Waals surface area contributed by atoms with Crippen LogP contribution in [0, 0.1) is 0 Å². The van der Waals surface area contributed by atoms with E-state index in [0.717, 1.165) is 16.9 Å². The number of hydrazone groups is 1. The first-order valence-electron chi connectivity index (χ1n) is 11.8. The van der Waals surface area contributed by atoms with E-state index in [0.29, 0.717) is 49.6 Å². The lowest BCUT2D eigenvalue weighted by molar-refractivity contribution is -0.119. The summed E-state index contributed by atoms with van der Waals surface area (Å²) in [5.41, 5.74) is 5.55. The molecule has 0 unspecified atom stereocenters. The zero-order chi connectivity index (χ0) is 25.3. The fourth-order valence-corrected chi connectivity index (χ4v) is 4.62. The Bertz CT molecular complexity index is 1170. The molecule has 188 valence electrons. The molecule has 10 heteroatoms. The number of anilines is 1. The van der Waals surface area contributed by atoms with E-state index in [2.05, 4.69) is 15.8 Å². The summed E-state index contributed by atoms with van der Waals surface area (Å²) in [5.74, 6) is 1.20.